The molecule has 0 bridgehead atoms. The minimum Gasteiger partial charge on any atom is -0.481 e. The summed E-state index contributed by atoms with van der Waals surface area (Å²) in [6.45, 7) is 1.82. The molecule has 2 unspecified atom stereocenters. The van der Waals surface area contributed by atoms with Gasteiger partial charge in [0.1, 0.15) is 12.6 Å². The van der Waals surface area contributed by atoms with Gasteiger partial charge in [-0.25, -0.2) is 4.79 Å². The molecule has 0 aliphatic heterocycles. The van der Waals surface area contributed by atoms with Crippen LogP contribution in [0.15, 0.2) is 48.5 Å². The van der Waals surface area contributed by atoms with Crippen molar-refractivity contribution in [2.75, 3.05) is 6.61 Å². The van der Waals surface area contributed by atoms with E-state index >= 15 is 0 Å². The van der Waals surface area contributed by atoms with Crippen LogP contribution >= 0.6 is 0 Å². The minimum atomic E-state index is -0.819. The van der Waals surface area contributed by atoms with Crippen LogP contribution < -0.4 is 10.6 Å². The van der Waals surface area contributed by atoms with Gasteiger partial charge in [-0.05, 0) is 54.4 Å². The molecule has 2 aromatic carbocycles. The second-order valence-electron chi connectivity index (χ2n) is 9.28. The Labute approximate surface area is 199 Å². The Morgan fingerprint density at radius 3 is 2.26 bits per heavy atom. The van der Waals surface area contributed by atoms with Crippen molar-refractivity contribution in [3.63, 3.8) is 0 Å². The highest BCUT2D eigenvalue weighted by Crippen LogP contribution is 2.44. The monoisotopic (exact) mass is 464 g/mol. The molecule has 2 aliphatic rings. The van der Waals surface area contributed by atoms with Crippen molar-refractivity contribution in [1.29, 1.82) is 0 Å². The first-order chi connectivity index (χ1) is 16.4. The van der Waals surface area contributed by atoms with Crippen LogP contribution in [0.3, 0.4) is 0 Å². The first-order valence-corrected chi connectivity index (χ1v) is 12.1. The summed E-state index contributed by atoms with van der Waals surface area (Å²) < 4.78 is 5.54. The Balaban J connectivity index is 1.30. The standard InChI is InChI=1S/C27H32N2O5/c1-17(26(32)29-24-13-7-2-8-18(24)14-15-25(30)31)28-27(33)34-16-23-21-11-5-3-9-19(21)20-10-4-6-12-22(20)23/h3-6,9-12,17-18,23-24H,2,7-8,13-16H2,1H3,(H,28,33)(H,29,32)(H,30,31)/t17-,18?,24?/m0/s1. The predicted molar refractivity (Wildman–Crippen MR) is 128 cm³/mol. The lowest BCUT2D eigenvalue weighted by molar-refractivity contribution is -0.137. The number of carboxylic acid groups (broad SMARTS) is 1. The zero-order valence-corrected chi connectivity index (χ0v) is 19.5. The minimum absolute atomic E-state index is 0.0421. The lowest BCUT2D eigenvalue weighted by atomic mass is 9.81. The number of hydrogen-bond acceptors (Lipinski definition) is 4. The zero-order valence-electron chi connectivity index (χ0n) is 19.5. The molecule has 2 aliphatic carbocycles. The number of rotatable bonds is 8. The lowest BCUT2D eigenvalue weighted by Crippen LogP contribution is -2.51. The fourth-order valence-electron chi connectivity index (χ4n) is 5.24. The van der Waals surface area contributed by atoms with Crippen molar-refractivity contribution in [2.45, 2.75) is 63.5 Å². The average Bonchev–Trinajstić information content (AvgIpc) is 3.16. The lowest BCUT2D eigenvalue weighted by Gasteiger charge is -2.32. The van der Waals surface area contributed by atoms with E-state index in [9.17, 15) is 14.4 Å². The SMILES string of the molecule is C[C@H](NC(=O)OCC1c2ccccc2-c2ccccc21)C(=O)NC1CCCCC1CCC(=O)O. The number of hydrogen-bond donors (Lipinski definition) is 3. The number of carbonyl (C=O) groups is 3. The summed E-state index contributed by atoms with van der Waals surface area (Å²) in [5, 5.41) is 14.6. The summed E-state index contributed by atoms with van der Waals surface area (Å²) in [5.41, 5.74) is 4.58. The van der Waals surface area contributed by atoms with Gasteiger partial charge in [0, 0.05) is 18.4 Å². The van der Waals surface area contributed by atoms with E-state index in [-0.39, 0.29) is 36.8 Å². The third kappa shape index (κ3) is 5.41. The van der Waals surface area contributed by atoms with Gasteiger partial charge in [-0.3, -0.25) is 9.59 Å². The van der Waals surface area contributed by atoms with Gasteiger partial charge in [-0.15, -0.1) is 0 Å². The highest BCUT2D eigenvalue weighted by atomic mass is 16.5. The number of fused-ring (bicyclic) bond motifs is 3. The van der Waals surface area contributed by atoms with Gasteiger partial charge >= 0.3 is 12.1 Å². The molecule has 7 heteroatoms. The van der Waals surface area contributed by atoms with Crippen LogP contribution in [0.4, 0.5) is 4.79 Å². The number of aliphatic carboxylic acids is 1. The highest BCUT2D eigenvalue weighted by Gasteiger charge is 2.31. The van der Waals surface area contributed by atoms with E-state index in [1.807, 2.05) is 24.3 Å². The quantitative estimate of drug-likeness (QED) is 0.535. The molecule has 3 N–H and O–H groups in total. The number of carbonyl (C=O) groups excluding carboxylic acids is 2. The van der Waals surface area contributed by atoms with Gasteiger partial charge in [0.25, 0.3) is 0 Å². The number of alkyl carbamates (subject to hydrolysis) is 1. The van der Waals surface area contributed by atoms with E-state index in [1.165, 1.54) is 0 Å². The summed E-state index contributed by atoms with van der Waals surface area (Å²) in [7, 11) is 0. The molecule has 0 spiro atoms. The van der Waals surface area contributed by atoms with E-state index in [1.54, 1.807) is 6.92 Å². The fourth-order valence-corrected chi connectivity index (χ4v) is 5.24. The first-order valence-electron chi connectivity index (χ1n) is 12.1. The Kier molecular flexibility index (Phi) is 7.50. The van der Waals surface area contributed by atoms with Crippen molar-refractivity contribution < 1.29 is 24.2 Å². The molecule has 180 valence electrons. The van der Waals surface area contributed by atoms with E-state index < -0.39 is 18.1 Å². The molecule has 1 fully saturated rings. The Bertz CT molecular complexity index is 1010. The largest absolute Gasteiger partial charge is 0.481 e. The van der Waals surface area contributed by atoms with Crippen molar-refractivity contribution in [3.05, 3.63) is 59.7 Å². The van der Waals surface area contributed by atoms with Gasteiger partial charge < -0.3 is 20.5 Å². The van der Waals surface area contributed by atoms with E-state index in [2.05, 4.69) is 34.9 Å². The van der Waals surface area contributed by atoms with Crippen LogP contribution in [-0.4, -0.2) is 41.8 Å². The molecule has 1 saturated carbocycles. The maximum absolute atomic E-state index is 12.7. The van der Waals surface area contributed by atoms with Crippen LogP contribution in [0.5, 0.6) is 0 Å². The maximum atomic E-state index is 12.7. The molecule has 3 atom stereocenters. The van der Waals surface area contributed by atoms with Crippen LogP contribution in [0.2, 0.25) is 0 Å². The van der Waals surface area contributed by atoms with Crippen molar-refractivity contribution in [3.8, 4) is 11.1 Å². The normalized spacial score (nSPS) is 20.0. The summed E-state index contributed by atoms with van der Waals surface area (Å²) >= 11 is 0. The molecular formula is C27H32N2O5. The average molecular weight is 465 g/mol. The first kappa shape index (κ1) is 23.8. The fraction of sp³-hybridized carbons (Fsp3) is 0.444. The van der Waals surface area contributed by atoms with Crippen molar-refractivity contribution in [2.24, 2.45) is 5.92 Å². The molecule has 0 saturated heterocycles. The van der Waals surface area contributed by atoms with E-state index in [0.717, 1.165) is 47.9 Å². The number of ether oxygens (including phenoxy) is 1. The Morgan fingerprint density at radius 2 is 1.62 bits per heavy atom. The summed E-state index contributed by atoms with van der Waals surface area (Å²) in [4.78, 5) is 36.2. The maximum Gasteiger partial charge on any atom is 0.407 e. The van der Waals surface area contributed by atoms with Gasteiger partial charge in [0.05, 0.1) is 0 Å². The van der Waals surface area contributed by atoms with Crippen LogP contribution in [-0.2, 0) is 14.3 Å². The van der Waals surface area contributed by atoms with Crippen molar-refractivity contribution >= 4 is 18.0 Å². The number of amides is 2. The van der Waals surface area contributed by atoms with Crippen LogP contribution in [0.1, 0.15) is 62.5 Å². The Hall–Kier alpha value is -3.35. The molecule has 7 nitrogen and oxygen atoms in total. The second kappa shape index (κ2) is 10.7. The molecule has 4 rings (SSSR count). The molecular weight excluding hydrogens is 432 g/mol. The third-order valence-electron chi connectivity index (χ3n) is 7.04. The molecule has 2 amide bonds. The molecule has 2 aromatic rings. The van der Waals surface area contributed by atoms with Crippen LogP contribution in [0, 0.1) is 5.92 Å². The van der Waals surface area contributed by atoms with E-state index in [4.69, 9.17) is 9.84 Å². The smallest absolute Gasteiger partial charge is 0.407 e. The Morgan fingerprint density at radius 1 is 1.00 bits per heavy atom. The van der Waals surface area contributed by atoms with Gasteiger partial charge in [-0.1, -0.05) is 61.4 Å². The molecule has 34 heavy (non-hydrogen) atoms. The zero-order chi connectivity index (χ0) is 24.1. The van der Waals surface area contributed by atoms with Gasteiger partial charge in [0.2, 0.25) is 5.91 Å². The van der Waals surface area contributed by atoms with Gasteiger partial charge in [-0.2, -0.15) is 0 Å². The summed E-state index contributed by atoms with van der Waals surface area (Å²) in [6, 6.07) is 15.4. The number of benzene rings is 2. The second-order valence-corrected chi connectivity index (χ2v) is 9.28. The molecule has 0 radical (unpaired) electrons. The number of carboxylic acids is 1. The topological polar surface area (TPSA) is 105 Å². The third-order valence-corrected chi connectivity index (χ3v) is 7.04. The van der Waals surface area contributed by atoms with E-state index in [0.29, 0.717) is 6.42 Å². The predicted octanol–water partition coefficient (Wildman–Crippen LogP) is 4.45. The summed E-state index contributed by atoms with van der Waals surface area (Å²) in [6.07, 6.45) is 3.81. The van der Waals surface area contributed by atoms with Crippen LogP contribution in [0.25, 0.3) is 11.1 Å². The highest BCUT2D eigenvalue weighted by molar-refractivity contribution is 5.85. The summed E-state index contributed by atoms with van der Waals surface area (Å²) in [5.74, 6) is -0.989. The van der Waals surface area contributed by atoms with Crippen molar-refractivity contribution in [1.82, 2.24) is 10.6 Å². The molecule has 0 aromatic heterocycles. The number of nitrogens with one attached hydrogen (secondary N) is 2. The van der Waals surface area contributed by atoms with Gasteiger partial charge in [0.15, 0.2) is 0 Å². The molecule has 0 heterocycles.